The fourth-order valence-electron chi connectivity index (χ4n) is 3.40. The van der Waals surface area contributed by atoms with E-state index in [0.29, 0.717) is 24.7 Å². The molecular formula is C21H24ClFN2O5S. The first-order valence-electron chi connectivity index (χ1n) is 9.76. The second kappa shape index (κ2) is 9.32. The average molecular weight is 471 g/mol. The van der Waals surface area contributed by atoms with Gasteiger partial charge in [0.1, 0.15) is 25.1 Å². The molecule has 2 aromatic carbocycles. The van der Waals surface area contributed by atoms with Gasteiger partial charge in [0.2, 0.25) is 15.9 Å². The molecule has 0 spiro atoms. The number of hydrogen-bond donors (Lipinski definition) is 1. The standard InChI is InChI=1S/C21H24ClFN2O5S/c1-4-18(25(31(3,27)28)15-6-7-17(23)16(22)12-15)21(26)24-13(2)14-5-8-19-20(11-14)30-10-9-29-19/h5-8,11-13,18H,4,9-10H2,1-3H3,(H,24,26)/t13-,18+/m0/s1. The van der Waals surface area contributed by atoms with Gasteiger partial charge in [0.05, 0.1) is 23.0 Å². The van der Waals surface area contributed by atoms with Crippen molar-refractivity contribution < 1.29 is 27.1 Å². The maximum Gasteiger partial charge on any atom is 0.244 e. The van der Waals surface area contributed by atoms with Gasteiger partial charge in [0.15, 0.2) is 11.5 Å². The van der Waals surface area contributed by atoms with E-state index in [2.05, 4.69) is 5.32 Å². The van der Waals surface area contributed by atoms with Crippen LogP contribution in [0.3, 0.4) is 0 Å². The van der Waals surface area contributed by atoms with E-state index < -0.39 is 33.8 Å². The molecule has 7 nitrogen and oxygen atoms in total. The molecule has 1 amide bonds. The van der Waals surface area contributed by atoms with Crippen LogP contribution in [0.25, 0.3) is 0 Å². The van der Waals surface area contributed by atoms with Crippen LogP contribution < -0.4 is 19.1 Å². The number of carbonyl (C=O) groups is 1. The lowest BCUT2D eigenvalue weighted by Crippen LogP contribution is -2.49. The molecule has 2 aromatic rings. The first-order valence-corrected chi connectivity index (χ1v) is 12.0. The van der Waals surface area contributed by atoms with Crippen molar-refractivity contribution in [3.63, 3.8) is 0 Å². The number of halogens is 2. The summed E-state index contributed by atoms with van der Waals surface area (Å²) in [7, 11) is -3.86. The molecule has 0 fully saturated rings. The lowest BCUT2D eigenvalue weighted by molar-refractivity contribution is -0.122. The van der Waals surface area contributed by atoms with Crippen LogP contribution in [0.2, 0.25) is 5.02 Å². The first kappa shape index (κ1) is 23.1. The van der Waals surface area contributed by atoms with Crippen molar-refractivity contribution in [2.24, 2.45) is 0 Å². The van der Waals surface area contributed by atoms with Crippen molar-refractivity contribution in [2.75, 3.05) is 23.8 Å². The number of benzene rings is 2. The minimum Gasteiger partial charge on any atom is -0.486 e. The lowest BCUT2D eigenvalue weighted by atomic mass is 10.1. The Kier molecular flexibility index (Phi) is 6.96. The molecule has 1 aliphatic heterocycles. The van der Waals surface area contributed by atoms with E-state index in [-0.39, 0.29) is 17.1 Å². The monoisotopic (exact) mass is 470 g/mol. The molecule has 31 heavy (non-hydrogen) atoms. The number of rotatable bonds is 7. The Morgan fingerprint density at radius 1 is 1.19 bits per heavy atom. The van der Waals surface area contributed by atoms with Gasteiger partial charge in [-0.2, -0.15) is 0 Å². The van der Waals surface area contributed by atoms with Crippen molar-refractivity contribution in [2.45, 2.75) is 32.4 Å². The molecule has 0 radical (unpaired) electrons. The highest BCUT2D eigenvalue weighted by Crippen LogP contribution is 2.33. The van der Waals surface area contributed by atoms with Crippen LogP contribution in [0.1, 0.15) is 31.9 Å². The smallest absolute Gasteiger partial charge is 0.244 e. The number of anilines is 1. The number of hydrogen-bond acceptors (Lipinski definition) is 5. The molecule has 1 heterocycles. The predicted molar refractivity (Wildman–Crippen MR) is 117 cm³/mol. The summed E-state index contributed by atoms with van der Waals surface area (Å²) < 4.78 is 50.7. The van der Waals surface area contributed by atoms with Gasteiger partial charge in [-0.25, -0.2) is 12.8 Å². The third-order valence-corrected chi connectivity index (χ3v) is 6.38. The van der Waals surface area contributed by atoms with Crippen LogP contribution in [-0.2, 0) is 14.8 Å². The van der Waals surface area contributed by atoms with E-state index in [0.717, 1.165) is 22.2 Å². The quantitative estimate of drug-likeness (QED) is 0.667. The molecule has 0 aliphatic carbocycles. The Morgan fingerprint density at radius 3 is 2.48 bits per heavy atom. The Morgan fingerprint density at radius 2 is 1.87 bits per heavy atom. The Labute approximate surface area is 186 Å². The van der Waals surface area contributed by atoms with E-state index >= 15 is 0 Å². The van der Waals surface area contributed by atoms with E-state index in [1.54, 1.807) is 26.0 Å². The van der Waals surface area contributed by atoms with E-state index in [1.807, 2.05) is 6.07 Å². The zero-order valence-electron chi connectivity index (χ0n) is 17.4. The average Bonchev–Trinajstić information content (AvgIpc) is 2.72. The summed E-state index contributed by atoms with van der Waals surface area (Å²) in [5, 5.41) is 2.62. The first-order chi connectivity index (χ1) is 14.6. The molecule has 0 saturated carbocycles. The highest BCUT2D eigenvalue weighted by atomic mass is 35.5. The van der Waals surface area contributed by atoms with E-state index in [9.17, 15) is 17.6 Å². The van der Waals surface area contributed by atoms with Gasteiger partial charge in [-0.3, -0.25) is 9.10 Å². The van der Waals surface area contributed by atoms with Crippen LogP contribution in [0.4, 0.5) is 10.1 Å². The third-order valence-electron chi connectivity index (χ3n) is 4.91. The maximum atomic E-state index is 13.6. The molecule has 10 heteroatoms. The number of nitrogens with one attached hydrogen (secondary N) is 1. The molecule has 0 aromatic heterocycles. The van der Waals surface area contributed by atoms with Gasteiger partial charge in [-0.1, -0.05) is 24.6 Å². The Bertz CT molecular complexity index is 1080. The number of sulfonamides is 1. The fraction of sp³-hybridized carbons (Fsp3) is 0.381. The lowest BCUT2D eigenvalue weighted by Gasteiger charge is -2.31. The summed E-state index contributed by atoms with van der Waals surface area (Å²) in [6.45, 7) is 4.40. The third kappa shape index (κ3) is 5.22. The molecular weight excluding hydrogens is 447 g/mol. The summed E-state index contributed by atoms with van der Waals surface area (Å²) in [4.78, 5) is 13.1. The Hall–Kier alpha value is -2.52. The van der Waals surface area contributed by atoms with Gasteiger partial charge >= 0.3 is 0 Å². The van der Waals surface area contributed by atoms with Gasteiger partial charge in [-0.15, -0.1) is 0 Å². The predicted octanol–water partition coefficient (Wildman–Crippen LogP) is 3.67. The zero-order valence-corrected chi connectivity index (χ0v) is 19.0. The molecule has 168 valence electrons. The number of fused-ring (bicyclic) bond motifs is 1. The number of nitrogens with zero attached hydrogens (tertiary/aromatic N) is 1. The van der Waals surface area contributed by atoms with Crippen LogP contribution in [0.15, 0.2) is 36.4 Å². The second-order valence-electron chi connectivity index (χ2n) is 7.21. The van der Waals surface area contributed by atoms with Gasteiger partial charge < -0.3 is 14.8 Å². The van der Waals surface area contributed by atoms with Crippen LogP contribution in [0, 0.1) is 5.82 Å². The van der Waals surface area contributed by atoms with Crippen LogP contribution >= 0.6 is 11.6 Å². The minimum absolute atomic E-state index is 0.114. The van der Waals surface area contributed by atoms with E-state index in [1.165, 1.54) is 12.1 Å². The highest BCUT2D eigenvalue weighted by molar-refractivity contribution is 7.92. The number of carbonyl (C=O) groups excluding carboxylic acids is 1. The Balaban J connectivity index is 1.85. The molecule has 0 unspecified atom stereocenters. The van der Waals surface area contributed by atoms with Crippen LogP contribution in [-0.4, -0.2) is 39.8 Å². The second-order valence-corrected chi connectivity index (χ2v) is 9.48. The van der Waals surface area contributed by atoms with Crippen molar-refractivity contribution in [1.82, 2.24) is 5.32 Å². The molecule has 0 bridgehead atoms. The van der Waals surface area contributed by atoms with Crippen molar-refractivity contribution in [3.8, 4) is 11.5 Å². The maximum absolute atomic E-state index is 13.6. The van der Waals surface area contributed by atoms with Crippen molar-refractivity contribution in [3.05, 3.63) is 52.8 Å². The highest BCUT2D eigenvalue weighted by Gasteiger charge is 2.32. The van der Waals surface area contributed by atoms with Crippen molar-refractivity contribution in [1.29, 1.82) is 0 Å². The van der Waals surface area contributed by atoms with Gasteiger partial charge in [0, 0.05) is 0 Å². The van der Waals surface area contributed by atoms with Gasteiger partial charge in [-0.05, 0) is 49.2 Å². The molecule has 1 aliphatic rings. The molecule has 1 N–H and O–H groups in total. The van der Waals surface area contributed by atoms with Crippen LogP contribution in [0.5, 0.6) is 11.5 Å². The molecule has 0 saturated heterocycles. The van der Waals surface area contributed by atoms with E-state index in [4.69, 9.17) is 21.1 Å². The SMILES string of the molecule is CC[C@H](C(=O)N[C@@H](C)c1ccc2c(c1)OCCO2)N(c1ccc(F)c(Cl)c1)S(C)(=O)=O. The summed E-state index contributed by atoms with van der Waals surface area (Å²) >= 11 is 5.84. The van der Waals surface area contributed by atoms with Gasteiger partial charge in [0.25, 0.3) is 0 Å². The summed E-state index contributed by atoms with van der Waals surface area (Å²) in [6.07, 6.45) is 1.19. The summed E-state index contributed by atoms with van der Waals surface area (Å²) in [5.41, 5.74) is 0.895. The summed E-state index contributed by atoms with van der Waals surface area (Å²) in [6, 6.07) is 7.44. The minimum atomic E-state index is -3.86. The normalized spacial score (nSPS) is 15.1. The molecule has 3 rings (SSSR count). The largest absolute Gasteiger partial charge is 0.486 e. The molecule has 2 atom stereocenters. The van der Waals surface area contributed by atoms with Crippen molar-refractivity contribution >= 4 is 33.2 Å². The topological polar surface area (TPSA) is 84.9 Å². The fourth-order valence-corrected chi connectivity index (χ4v) is 4.78. The number of amides is 1. The number of ether oxygens (including phenoxy) is 2. The summed E-state index contributed by atoms with van der Waals surface area (Å²) in [5.74, 6) is 0.0615. The zero-order chi connectivity index (χ0) is 22.8.